The van der Waals surface area contributed by atoms with Gasteiger partial charge >= 0.3 is 0 Å². The van der Waals surface area contributed by atoms with E-state index < -0.39 is 6.10 Å². The topological polar surface area (TPSA) is 42.4 Å². The van der Waals surface area contributed by atoms with Gasteiger partial charge in [-0.2, -0.15) is 0 Å². The van der Waals surface area contributed by atoms with Gasteiger partial charge in [0, 0.05) is 12.4 Å². The van der Waals surface area contributed by atoms with Crippen molar-refractivity contribution in [2.75, 3.05) is 6.61 Å². The molecule has 0 saturated carbocycles. The molecule has 0 aliphatic rings. The molecule has 19 heavy (non-hydrogen) atoms. The summed E-state index contributed by atoms with van der Waals surface area (Å²) in [5.41, 5.74) is 2.27. The summed E-state index contributed by atoms with van der Waals surface area (Å²) in [5.74, 6) is 0. The molecule has 0 bridgehead atoms. The zero-order chi connectivity index (χ0) is 13.3. The first-order valence-corrected chi connectivity index (χ1v) is 6.53. The number of benzene rings is 1. The standard InChI is InChI=1S/C16H19NO2/c18-16(9-8-14-7-4-10-17-11-14)13-19-12-15-5-2-1-3-6-15/h1-7,10-11,16,18H,8-9,12-13H2/t16-/m1/s1. The van der Waals surface area contributed by atoms with Gasteiger partial charge in [-0.3, -0.25) is 4.98 Å². The largest absolute Gasteiger partial charge is 0.391 e. The van der Waals surface area contributed by atoms with E-state index >= 15 is 0 Å². The summed E-state index contributed by atoms with van der Waals surface area (Å²) in [6.07, 6.45) is 4.67. The van der Waals surface area contributed by atoms with Crippen LogP contribution in [0.2, 0.25) is 0 Å². The molecule has 3 nitrogen and oxygen atoms in total. The second-order valence-electron chi connectivity index (χ2n) is 4.55. The molecular formula is C16H19NO2. The summed E-state index contributed by atoms with van der Waals surface area (Å²) in [5, 5.41) is 9.84. The molecule has 0 saturated heterocycles. The highest BCUT2D eigenvalue weighted by Crippen LogP contribution is 2.05. The van der Waals surface area contributed by atoms with Gasteiger partial charge in [-0.25, -0.2) is 0 Å². The lowest BCUT2D eigenvalue weighted by molar-refractivity contribution is 0.0247. The summed E-state index contributed by atoms with van der Waals surface area (Å²) in [4.78, 5) is 4.05. The summed E-state index contributed by atoms with van der Waals surface area (Å²) in [7, 11) is 0. The van der Waals surface area contributed by atoms with Gasteiger partial charge < -0.3 is 9.84 Å². The lowest BCUT2D eigenvalue weighted by atomic mass is 10.1. The first-order valence-electron chi connectivity index (χ1n) is 6.53. The molecule has 0 aliphatic carbocycles. The van der Waals surface area contributed by atoms with Gasteiger partial charge in [0.2, 0.25) is 0 Å². The first kappa shape index (κ1) is 13.7. The molecule has 0 fully saturated rings. The Morgan fingerprint density at radius 1 is 1.05 bits per heavy atom. The molecule has 0 radical (unpaired) electrons. The Morgan fingerprint density at radius 3 is 2.58 bits per heavy atom. The third-order valence-corrected chi connectivity index (χ3v) is 2.91. The highest BCUT2D eigenvalue weighted by atomic mass is 16.5. The fraction of sp³-hybridized carbons (Fsp3) is 0.312. The quantitative estimate of drug-likeness (QED) is 0.829. The van der Waals surface area contributed by atoms with Crippen molar-refractivity contribution in [2.24, 2.45) is 0 Å². The van der Waals surface area contributed by atoms with Crippen LogP contribution in [0.3, 0.4) is 0 Å². The lowest BCUT2D eigenvalue weighted by Crippen LogP contribution is -2.16. The van der Waals surface area contributed by atoms with Crippen LogP contribution in [0.25, 0.3) is 0 Å². The summed E-state index contributed by atoms with van der Waals surface area (Å²) in [6.45, 7) is 0.917. The molecule has 3 heteroatoms. The van der Waals surface area contributed by atoms with Crippen LogP contribution in [0.5, 0.6) is 0 Å². The lowest BCUT2D eigenvalue weighted by Gasteiger charge is -2.11. The molecule has 0 spiro atoms. The maximum Gasteiger partial charge on any atom is 0.0777 e. The van der Waals surface area contributed by atoms with Gasteiger partial charge in [-0.05, 0) is 30.0 Å². The van der Waals surface area contributed by atoms with Crippen molar-refractivity contribution in [1.82, 2.24) is 4.98 Å². The van der Waals surface area contributed by atoms with E-state index in [9.17, 15) is 5.11 Å². The highest BCUT2D eigenvalue weighted by molar-refractivity contribution is 5.13. The summed E-state index contributed by atoms with van der Waals surface area (Å²) < 4.78 is 5.50. The minimum atomic E-state index is -0.427. The van der Waals surface area contributed by atoms with E-state index in [1.807, 2.05) is 48.7 Å². The molecule has 2 aromatic rings. The molecule has 1 aromatic carbocycles. The minimum absolute atomic E-state index is 0.370. The number of ether oxygens (including phenoxy) is 1. The van der Waals surface area contributed by atoms with Crippen molar-refractivity contribution < 1.29 is 9.84 Å². The molecule has 0 aliphatic heterocycles. The third-order valence-electron chi connectivity index (χ3n) is 2.91. The van der Waals surface area contributed by atoms with E-state index in [1.54, 1.807) is 6.20 Å². The Bertz CT molecular complexity index is 459. The van der Waals surface area contributed by atoms with E-state index in [-0.39, 0.29) is 0 Å². The molecule has 1 atom stereocenters. The van der Waals surface area contributed by atoms with Gasteiger partial charge in [-0.1, -0.05) is 36.4 Å². The van der Waals surface area contributed by atoms with Crippen LogP contribution < -0.4 is 0 Å². The van der Waals surface area contributed by atoms with Crippen molar-refractivity contribution in [2.45, 2.75) is 25.6 Å². The van der Waals surface area contributed by atoms with E-state index in [0.29, 0.717) is 19.6 Å². The molecule has 100 valence electrons. The van der Waals surface area contributed by atoms with Crippen molar-refractivity contribution in [3.63, 3.8) is 0 Å². The maximum absolute atomic E-state index is 9.84. The van der Waals surface area contributed by atoms with E-state index in [2.05, 4.69) is 4.98 Å². The van der Waals surface area contributed by atoms with Crippen LogP contribution >= 0.6 is 0 Å². The number of pyridine rings is 1. The maximum atomic E-state index is 9.84. The average Bonchev–Trinajstić information content (AvgIpc) is 2.47. The van der Waals surface area contributed by atoms with Crippen LogP contribution in [0.15, 0.2) is 54.9 Å². The summed E-state index contributed by atoms with van der Waals surface area (Å²) in [6, 6.07) is 13.9. The number of aliphatic hydroxyl groups is 1. The van der Waals surface area contributed by atoms with Crippen molar-refractivity contribution in [3.8, 4) is 0 Å². The number of aryl methyl sites for hydroxylation is 1. The predicted octanol–water partition coefficient (Wildman–Crippen LogP) is 2.59. The number of aromatic nitrogens is 1. The Kier molecular flexibility index (Phi) is 5.53. The number of hydrogen-bond donors (Lipinski definition) is 1. The van der Waals surface area contributed by atoms with Crippen LogP contribution in [0, 0.1) is 0 Å². The molecule has 2 rings (SSSR count). The van der Waals surface area contributed by atoms with Crippen molar-refractivity contribution in [1.29, 1.82) is 0 Å². The zero-order valence-corrected chi connectivity index (χ0v) is 10.9. The summed E-state index contributed by atoms with van der Waals surface area (Å²) >= 11 is 0. The Hall–Kier alpha value is -1.71. The minimum Gasteiger partial charge on any atom is -0.391 e. The molecule has 1 aromatic heterocycles. The van der Waals surface area contributed by atoms with Gasteiger partial charge in [0.1, 0.15) is 0 Å². The second kappa shape index (κ2) is 7.67. The molecule has 1 heterocycles. The normalized spacial score (nSPS) is 12.3. The molecule has 1 N–H and O–H groups in total. The molecule has 0 unspecified atom stereocenters. The Labute approximate surface area is 113 Å². The monoisotopic (exact) mass is 257 g/mol. The van der Waals surface area contributed by atoms with E-state index in [4.69, 9.17) is 4.74 Å². The predicted molar refractivity (Wildman–Crippen MR) is 74.7 cm³/mol. The van der Waals surface area contributed by atoms with Gasteiger partial charge in [0.05, 0.1) is 19.3 Å². The number of hydrogen-bond acceptors (Lipinski definition) is 3. The average molecular weight is 257 g/mol. The van der Waals surface area contributed by atoms with Crippen molar-refractivity contribution in [3.05, 3.63) is 66.0 Å². The fourth-order valence-corrected chi connectivity index (χ4v) is 1.85. The molecular weight excluding hydrogens is 238 g/mol. The highest BCUT2D eigenvalue weighted by Gasteiger charge is 2.05. The Morgan fingerprint density at radius 2 is 1.84 bits per heavy atom. The zero-order valence-electron chi connectivity index (χ0n) is 10.9. The Balaban J connectivity index is 1.64. The number of nitrogens with zero attached hydrogens (tertiary/aromatic N) is 1. The van der Waals surface area contributed by atoms with E-state index in [0.717, 1.165) is 17.5 Å². The van der Waals surface area contributed by atoms with Crippen LogP contribution in [0.1, 0.15) is 17.5 Å². The first-order chi connectivity index (χ1) is 9.34. The van der Waals surface area contributed by atoms with Crippen LogP contribution in [-0.2, 0) is 17.8 Å². The van der Waals surface area contributed by atoms with E-state index in [1.165, 1.54) is 0 Å². The SMILES string of the molecule is O[C@H](CCc1cccnc1)COCc1ccccc1. The van der Waals surface area contributed by atoms with Crippen LogP contribution in [0.4, 0.5) is 0 Å². The third kappa shape index (κ3) is 5.20. The van der Waals surface area contributed by atoms with Crippen LogP contribution in [-0.4, -0.2) is 22.8 Å². The number of aliphatic hydroxyl groups excluding tert-OH is 1. The smallest absolute Gasteiger partial charge is 0.0777 e. The van der Waals surface area contributed by atoms with Gasteiger partial charge in [0.25, 0.3) is 0 Å². The molecule has 0 amide bonds. The van der Waals surface area contributed by atoms with Crippen molar-refractivity contribution >= 4 is 0 Å². The fourth-order valence-electron chi connectivity index (χ4n) is 1.85. The number of rotatable bonds is 7. The second-order valence-corrected chi connectivity index (χ2v) is 4.55. The van der Waals surface area contributed by atoms with Gasteiger partial charge in [0.15, 0.2) is 0 Å². The van der Waals surface area contributed by atoms with Gasteiger partial charge in [-0.15, -0.1) is 0 Å².